The predicted octanol–water partition coefficient (Wildman–Crippen LogP) is 2.24. The Kier molecular flexibility index (Phi) is 4.06. The summed E-state index contributed by atoms with van der Waals surface area (Å²) in [6.45, 7) is 1.43. The third-order valence-electron chi connectivity index (χ3n) is 5.07. The summed E-state index contributed by atoms with van der Waals surface area (Å²) in [5, 5.41) is 3.12. The average Bonchev–Trinajstić information content (AvgIpc) is 3.08. The van der Waals surface area contributed by atoms with Crippen molar-refractivity contribution in [2.24, 2.45) is 23.5 Å². The molecule has 3 rings (SSSR count). The van der Waals surface area contributed by atoms with Crippen LogP contribution in [0.5, 0.6) is 0 Å². The third-order valence-corrected chi connectivity index (χ3v) is 5.07. The van der Waals surface area contributed by atoms with E-state index in [0.717, 1.165) is 35.4 Å². The second-order valence-corrected chi connectivity index (χ2v) is 6.44. The van der Waals surface area contributed by atoms with Crippen molar-refractivity contribution >= 4 is 5.91 Å². The van der Waals surface area contributed by atoms with Crippen LogP contribution in [0.4, 0.5) is 0 Å². The smallest absolute Gasteiger partial charge is 0.224 e. The van der Waals surface area contributed by atoms with E-state index in [1.54, 1.807) is 0 Å². The van der Waals surface area contributed by atoms with Crippen LogP contribution in [-0.2, 0) is 17.8 Å². The van der Waals surface area contributed by atoms with Gasteiger partial charge in [-0.25, -0.2) is 0 Å². The lowest BCUT2D eigenvalue weighted by Crippen LogP contribution is -2.32. The van der Waals surface area contributed by atoms with Gasteiger partial charge in [0.25, 0.3) is 0 Å². The molecular formula is C17H24N2O. The van der Waals surface area contributed by atoms with Crippen molar-refractivity contribution in [1.82, 2.24) is 5.32 Å². The summed E-state index contributed by atoms with van der Waals surface area (Å²) in [4.78, 5) is 12.0. The maximum Gasteiger partial charge on any atom is 0.224 e. The Bertz CT molecular complexity index is 468. The van der Waals surface area contributed by atoms with Gasteiger partial charge in [0.05, 0.1) is 6.42 Å². The molecule has 3 atom stereocenters. The quantitative estimate of drug-likeness (QED) is 0.863. The molecule has 1 aromatic carbocycles. The molecule has 1 amide bonds. The zero-order valence-electron chi connectivity index (χ0n) is 12.0. The highest BCUT2D eigenvalue weighted by molar-refractivity contribution is 5.78. The first kappa shape index (κ1) is 13.6. The van der Waals surface area contributed by atoms with E-state index in [1.807, 2.05) is 24.3 Å². The lowest BCUT2D eigenvalue weighted by Gasteiger charge is -2.21. The molecule has 108 valence electrons. The fourth-order valence-corrected chi connectivity index (χ4v) is 3.91. The summed E-state index contributed by atoms with van der Waals surface area (Å²) in [6, 6.07) is 8.00. The molecule has 2 saturated carbocycles. The molecule has 0 aromatic heterocycles. The fourth-order valence-electron chi connectivity index (χ4n) is 3.91. The highest BCUT2D eigenvalue weighted by Gasteiger charge is 2.39. The molecule has 3 unspecified atom stereocenters. The second kappa shape index (κ2) is 5.96. The number of benzene rings is 1. The molecule has 20 heavy (non-hydrogen) atoms. The van der Waals surface area contributed by atoms with Gasteiger partial charge < -0.3 is 11.1 Å². The normalized spacial score (nSPS) is 27.8. The summed E-state index contributed by atoms with van der Waals surface area (Å²) >= 11 is 0. The minimum Gasteiger partial charge on any atom is -0.356 e. The van der Waals surface area contributed by atoms with Crippen LogP contribution in [0.25, 0.3) is 0 Å². The Labute approximate surface area is 120 Å². The van der Waals surface area contributed by atoms with E-state index in [4.69, 9.17) is 5.73 Å². The van der Waals surface area contributed by atoms with Crippen molar-refractivity contribution in [2.75, 3.05) is 6.54 Å². The maximum atomic E-state index is 12.0. The first-order valence-corrected chi connectivity index (χ1v) is 7.79. The zero-order chi connectivity index (χ0) is 13.9. The number of carbonyl (C=O) groups excluding carboxylic acids is 1. The number of hydrogen-bond acceptors (Lipinski definition) is 2. The van der Waals surface area contributed by atoms with Gasteiger partial charge >= 0.3 is 0 Å². The summed E-state index contributed by atoms with van der Waals surface area (Å²) in [7, 11) is 0. The monoisotopic (exact) mass is 272 g/mol. The van der Waals surface area contributed by atoms with E-state index in [0.29, 0.717) is 13.0 Å². The molecule has 3 heteroatoms. The van der Waals surface area contributed by atoms with Crippen LogP contribution in [0.1, 0.15) is 36.8 Å². The van der Waals surface area contributed by atoms with Crippen LogP contribution in [0.15, 0.2) is 24.3 Å². The Morgan fingerprint density at radius 1 is 1.15 bits per heavy atom. The van der Waals surface area contributed by atoms with E-state index in [9.17, 15) is 4.79 Å². The Morgan fingerprint density at radius 3 is 2.50 bits per heavy atom. The van der Waals surface area contributed by atoms with Gasteiger partial charge in [0, 0.05) is 13.1 Å². The van der Waals surface area contributed by atoms with Crippen LogP contribution in [0.3, 0.4) is 0 Å². The molecule has 0 saturated heterocycles. The molecule has 1 aromatic rings. The van der Waals surface area contributed by atoms with E-state index >= 15 is 0 Å². The van der Waals surface area contributed by atoms with Crippen molar-refractivity contribution in [3.63, 3.8) is 0 Å². The molecule has 2 aliphatic rings. The minimum atomic E-state index is 0.147. The van der Waals surface area contributed by atoms with Gasteiger partial charge in [-0.2, -0.15) is 0 Å². The zero-order valence-corrected chi connectivity index (χ0v) is 12.0. The van der Waals surface area contributed by atoms with Crippen LogP contribution >= 0.6 is 0 Å². The van der Waals surface area contributed by atoms with Crippen molar-refractivity contribution in [2.45, 2.75) is 38.6 Å². The molecule has 2 bridgehead atoms. The third kappa shape index (κ3) is 3.04. The first-order valence-electron chi connectivity index (χ1n) is 7.79. The number of hydrogen-bond donors (Lipinski definition) is 2. The number of nitrogens with one attached hydrogen (secondary N) is 1. The van der Waals surface area contributed by atoms with Gasteiger partial charge in [0.1, 0.15) is 0 Å². The molecule has 3 N–H and O–H groups in total. The molecule has 2 aliphatic carbocycles. The average molecular weight is 272 g/mol. The number of amides is 1. The molecule has 2 fully saturated rings. The van der Waals surface area contributed by atoms with Crippen molar-refractivity contribution < 1.29 is 4.79 Å². The van der Waals surface area contributed by atoms with Crippen molar-refractivity contribution in [3.05, 3.63) is 35.4 Å². The van der Waals surface area contributed by atoms with E-state index in [1.165, 1.54) is 25.7 Å². The number of rotatable bonds is 5. The molecule has 0 aliphatic heterocycles. The molecule has 0 spiro atoms. The summed E-state index contributed by atoms with van der Waals surface area (Å²) in [5.41, 5.74) is 7.74. The highest BCUT2D eigenvalue weighted by Crippen LogP contribution is 2.47. The van der Waals surface area contributed by atoms with Gasteiger partial charge in [-0.05, 0) is 48.1 Å². The number of carbonyl (C=O) groups is 1. The second-order valence-electron chi connectivity index (χ2n) is 6.44. The van der Waals surface area contributed by atoms with Crippen molar-refractivity contribution in [1.29, 1.82) is 0 Å². The molecule has 0 radical (unpaired) electrons. The SMILES string of the molecule is NCc1ccc(CC(=O)NCC2CC3CCC2C3)cc1. The van der Waals surface area contributed by atoms with Gasteiger partial charge in [-0.15, -0.1) is 0 Å². The summed E-state index contributed by atoms with van der Waals surface area (Å²) < 4.78 is 0. The summed E-state index contributed by atoms with van der Waals surface area (Å²) in [6.07, 6.45) is 6.01. The van der Waals surface area contributed by atoms with Crippen LogP contribution in [0, 0.1) is 17.8 Å². The van der Waals surface area contributed by atoms with E-state index in [2.05, 4.69) is 5.32 Å². The Hall–Kier alpha value is -1.35. The fraction of sp³-hybridized carbons (Fsp3) is 0.588. The molecular weight excluding hydrogens is 248 g/mol. The number of nitrogens with two attached hydrogens (primary N) is 1. The topological polar surface area (TPSA) is 55.1 Å². The lowest BCUT2D eigenvalue weighted by atomic mass is 9.89. The Balaban J connectivity index is 1.45. The lowest BCUT2D eigenvalue weighted by molar-refractivity contribution is -0.120. The summed E-state index contributed by atoms with van der Waals surface area (Å²) in [5.74, 6) is 2.71. The van der Waals surface area contributed by atoms with E-state index in [-0.39, 0.29) is 5.91 Å². The maximum absolute atomic E-state index is 12.0. The standard InChI is InChI=1S/C17H24N2O/c18-10-13-3-1-12(2-4-13)9-17(20)19-11-16-8-14-5-6-15(16)7-14/h1-4,14-16H,5-11,18H2,(H,19,20). The van der Waals surface area contributed by atoms with Gasteiger partial charge in [-0.1, -0.05) is 30.7 Å². The van der Waals surface area contributed by atoms with Gasteiger partial charge in [-0.3, -0.25) is 4.79 Å². The molecule has 3 nitrogen and oxygen atoms in total. The van der Waals surface area contributed by atoms with Crippen molar-refractivity contribution in [3.8, 4) is 0 Å². The predicted molar refractivity (Wildman–Crippen MR) is 80.0 cm³/mol. The number of fused-ring (bicyclic) bond motifs is 2. The van der Waals surface area contributed by atoms with Crippen LogP contribution < -0.4 is 11.1 Å². The van der Waals surface area contributed by atoms with Crippen LogP contribution in [-0.4, -0.2) is 12.5 Å². The highest BCUT2D eigenvalue weighted by atomic mass is 16.1. The largest absolute Gasteiger partial charge is 0.356 e. The Morgan fingerprint density at radius 2 is 1.90 bits per heavy atom. The van der Waals surface area contributed by atoms with Gasteiger partial charge in [0.15, 0.2) is 0 Å². The molecule has 0 heterocycles. The first-order chi connectivity index (χ1) is 9.74. The van der Waals surface area contributed by atoms with Gasteiger partial charge in [0.2, 0.25) is 5.91 Å². The van der Waals surface area contributed by atoms with Crippen LogP contribution in [0.2, 0.25) is 0 Å². The minimum absolute atomic E-state index is 0.147. The van der Waals surface area contributed by atoms with E-state index < -0.39 is 0 Å².